The van der Waals surface area contributed by atoms with Gasteiger partial charge in [-0.2, -0.15) is 0 Å². The lowest BCUT2D eigenvalue weighted by molar-refractivity contribution is -0.133. The number of esters is 1. The number of nitrogens with zero attached hydrogens (tertiary/aromatic N) is 2. The fourth-order valence-electron chi connectivity index (χ4n) is 2.91. The van der Waals surface area contributed by atoms with Crippen LogP contribution in [-0.2, 0) is 25.7 Å². The van der Waals surface area contributed by atoms with Gasteiger partial charge in [0.1, 0.15) is 29.3 Å². The molecule has 3 rings (SSSR count). The number of carbonyl (C=O) groups excluding carboxylic acids is 1. The first-order chi connectivity index (χ1) is 14.6. The molecule has 8 heteroatoms. The number of fused-ring (bicyclic) bond motifs is 1. The molecule has 1 aromatic heterocycles. The number of hydrogen-bond donors (Lipinski definition) is 0. The summed E-state index contributed by atoms with van der Waals surface area (Å²) in [6.07, 6.45) is 1.34. The van der Waals surface area contributed by atoms with Crippen LogP contribution in [0.15, 0.2) is 58.4 Å². The van der Waals surface area contributed by atoms with Gasteiger partial charge in [-0.15, -0.1) is 0 Å². The molecule has 30 heavy (non-hydrogen) atoms. The van der Waals surface area contributed by atoms with Gasteiger partial charge in [-0.25, -0.2) is 4.79 Å². The van der Waals surface area contributed by atoms with Crippen LogP contribution in [0.2, 0.25) is 0 Å². The molecule has 156 valence electrons. The van der Waals surface area contributed by atoms with E-state index < -0.39 is 5.97 Å². The van der Waals surface area contributed by atoms with E-state index >= 15 is 0 Å². The SMILES string of the molecule is COC=C(C(=O)OC)c1ccccc1CON=C(C)c1noc2ccc(OC)cc12. The molecule has 0 spiro atoms. The van der Waals surface area contributed by atoms with Gasteiger partial charge in [0.05, 0.1) is 33.0 Å². The standard InChI is InChI=1S/C22H22N2O6/c1-14(21-18-11-16(27-3)9-10-20(18)30-24-21)23-29-12-15-7-5-6-8-17(15)19(13-26-2)22(25)28-4/h5-11,13H,12H2,1-4H3. The van der Waals surface area contributed by atoms with Gasteiger partial charge in [0.15, 0.2) is 5.58 Å². The summed E-state index contributed by atoms with van der Waals surface area (Å²) in [6.45, 7) is 1.90. The molecule has 3 aromatic rings. The minimum atomic E-state index is -0.507. The zero-order valence-corrected chi connectivity index (χ0v) is 17.2. The maximum atomic E-state index is 12.1. The maximum Gasteiger partial charge on any atom is 0.341 e. The van der Waals surface area contributed by atoms with Crippen LogP contribution in [-0.4, -0.2) is 38.2 Å². The number of oxime groups is 1. The summed E-state index contributed by atoms with van der Waals surface area (Å²) in [5, 5.41) is 9.01. The summed E-state index contributed by atoms with van der Waals surface area (Å²) >= 11 is 0. The van der Waals surface area contributed by atoms with E-state index in [4.69, 9.17) is 23.6 Å². The van der Waals surface area contributed by atoms with Crippen LogP contribution < -0.4 is 4.74 Å². The van der Waals surface area contributed by atoms with Crippen molar-refractivity contribution in [2.45, 2.75) is 13.5 Å². The normalized spacial score (nSPS) is 12.0. The lowest BCUT2D eigenvalue weighted by Gasteiger charge is -2.11. The van der Waals surface area contributed by atoms with Crippen molar-refractivity contribution in [3.05, 3.63) is 65.5 Å². The van der Waals surface area contributed by atoms with Crippen LogP contribution in [0.5, 0.6) is 5.75 Å². The molecule has 0 unspecified atom stereocenters. The molecular weight excluding hydrogens is 388 g/mol. The summed E-state index contributed by atoms with van der Waals surface area (Å²) in [7, 11) is 4.37. The summed E-state index contributed by atoms with van der Waals surface area (Å²) in [5.41, 5.74) is 3.39. The number of rotatable bonds is 8. The van der Waals surface area contributed by atoms with Crippen molar-refractivity contribution in [3.63, 3.8) is 0 Å². The molecule has 0 radical (unpaired) electrons. The monoisotopic (exact) mass is 410 g/mol. The molecule has 8 nitrogen and oxygen atoms in total. The van der Waals surface area contributed by atoms with Crippen LogP contribution in [0, 0.1) is 0 Å². The third kappa shape index (κ3) is 4.43. The van der Waals surface area contributed by atoms with E-state index in [1.807, 2.05) is 24.3 Å². The molecule has 0 bridgehead atoms. The minimum absolute atomic E-state index is 0.130. The van der Waals surface area contributed by atoms with Gasteiger partial charge in [-0.1, -0.05) is 34.6 Å². The minimum Gasteiger partial charge on any atom is -0.503 e. The number of carbonyl (C=O) groups is 1. The fourth-order valence-corrected chi connectivity index (χ4v) is 2.91. The largest absolute Gasteiger partial charge is 0.503 e. The average molecular weight is 410 g/mol. The topological polar surface area (TPSA) is 92.4 Å². The number of aromatic nitrogens is 1. The Hall–Kier alpha value is -3.81. The highest BCUT2D eigenvalue weighted by molar-refractivity contribution is 6.16. The second-order valence-electron chi connectivity index (χ2n) is 6.26. The van der Waals surface area contributed by atoms with Gasteiger partial charge in [0.2, 0.25) is 0 Å². The Morgan fingerprint density at radius 2 is 1.97 bits per heavy atom. The smallest absolute Gasteiger partial charge is 0.341 e. The van der Waals surface area contributed by atoms with Crippen LogP contribution in [0.1, 0.15) is 23.7 Å². The maximum absolute atomic E-state index is 12.1. The molecule has 0 N–H and O–H groups in total. The van der Waals surface area contributed by atoms with Gasteiger partial charge < -0.3 is 23.6 Å². The van der Waals surface area contributed by atoms with Crippen molar-refractivity contribution in [3.8, 4) is 5.75 Å². The van der Waals surface area contributed by atoms with E-state index in [0.717, 1.165) is 10.9 Å². The highest BCUT2D eigenvalue weighted by atomic mass is 16.6. The van der Waals surface area contributed by atoms with E-state index in [0.29, 0.717) is 28.3 Å². The van der Waals surface area contributed by atoms with Crippen molar-refractivity contribution >= 4 is 28.2 Å². The van der Waals surface area contributed by atoms with E-state index in [1.165, 1.54) is 20.5 Å². The molecular formula is C22H22N2O6. The molecule has 0 aliphatic carbocycles. The van der Waals surface area contributed by atoms with Crippen molar-refractivity contribution in [1.82, 2.24) is 5.16 Å². The zero-order chi connectivity index (χ0) is 21.5. The molecule has 0 saturated carbocycles. The van der Waals surface area contributed by atoms with Crippen molar-refractivity contribution in [1.29, 1.82) is 0 Å². The first-order valence-electron chi connectivity index (χ1n) is 9.09. The van der Waals surface area contributed by atoms with Crippen LogP contribution >= 0.6 is 0 Å². The Morgan fingerprint density at radius 3 is 2.70 bits per heavy atom. The molecule has 0 saturated heterocycles. The van der Waals surface area contributed by atoms with E-state index in [9.17, 15) is 4.79 Å². The van der Waals surface area contributed by atoms with E-state index in [1.54, 1.807) is 32.2 Å². The van der Waals surface area contributed by atoms with Gasteiger partial charge in [0.25, 0.3) is 0 Å². The Kier molecular flexibility index (Phi) is 6.69. The van der Waals surface area contributed by atoms with E-state index in [-0.39, 0.29) is 12.2 Å². The molecule has 0 amide bonds. The number of hydrogen-bond acceptors (Lipinski definition) is 8. The number of benzene rings is 2. The third-order valence-corrected chi connectivity index (χ3v) is 4.39. The van der Waals surface area contributed by atoms with E-state index in [2.05, 4.69) is 10.3 Å². The Balaban J connectivity index is 1.82. The molecule has 0 fully saturated rings. The van der Waals surface area contributed by atoms with Gasteiger partial charge in [0, 0.05) is 5.56 Å². The molecule has 0 atom stereocenters. The quantitative estimate of drug-likeness (QED) is 0.183. The molecule has 1 heterocycles. The first-order valence-corrected chi connectivity index (χ1v) is 9.09. The lowest BCUT2D eigenvalue weighted by atomic mass is 10.0. The Labute approximate surface area is 173 Å². The average Bonchev–Trinajstić information content (AvgIpc) is 3.20. The summed E-state index contributed by atoms with van der Waals surface area (Å²) in [6, 6.07) is 12.7. The molecule has 0 aliphatic rings. The second kappa shape index (κ2) is 9.60. The Morgan fingerprint density at radius 1 is 1.17 bits per heavy atom. The lowest BCUT2D eigenvalue weighted by Crippen LogP contribution is -2.07. The first kappa shape index (κ1) is 20.9. The molecule has 2 aromatic carbocycles. The highest BCUT2D eigenvalue weighted by Crippen LogP contribution is 2.25. The van der Waals surface area contributed by atoms with Gasteiger partial charge in [-0.3, -0.25) is 0 Å². The van der Waals surface area contributed by atoms with Gasteiger partial charge >= 0.3 is 5.97 Å². The molecule has 0 aliphatic heterocycles. The van der Waals surface area contributed by atoms with Crippen molar-refractivity contribution in [2.24, 2.45) is 5.16 Å². The third-order valence-electron chi connectivity index (χ3n) is 4.39. The number of ether oxygens (including phenoxy) is 3. The highest BCUT2D eigenvalue weighted by Gasteiger charge is 2.17. The Bertz CT molecular complexity index is 1100. The summed E-state index contributed by atoms with van der Waals surface area (Å²) in [4.78, 5) is 17.6. The second-order valence-corrected chi connectivity index (χ2v) is 6.26. The summed E-state index contributed by atoms with van der Waals surface area (Å²) in [5.74, 6) is 0.182. The van der Waals surface area contributed by atoms with Crippen LogP contribution in [0.25, 0.3) is 16.5 Å². The van der Waals surface area contributed by atoms with Gasteiger partial charge in [-0.05, 0) is 30.7 Å². The van der Waals surface area contributed by atoms with Crippen LogP contribution in [0.4, 0.5) is 0 Å². The van der Waals surface area contributed by atoms with Crippen LogP contribution in [0.3, 0.4) is 0 Å². The van der Waals surface area contributed by atoms with Crippen molar-refractivity contribution in [2.75, 3.05) is 21.3 Å². The predicted octanol–water partition coefficient (Wildman–Crippen LogP) is 3.94. The number of methoxy groups -OCH3 is 3. The van der Waals surface area contributed by atoms with Crippen molar-refractivity contribution < 1.29 is 28.4 Å². The summed E-state index contributed by atoms with van der Waals surface area (Å²) < 4.78 is 20.5. The fraction of sp³-hybridized carbons (Fsp3) is 0.227. The zero-order valence-electron chi connectivity index (χ0n) is 17.2. The predicted molar refractivity (Wildman–Crippen MR) is 111 cm³/mol.